The summed E-state index contributed by atoms with van der Waals surface area (Å²) < 4.78 is 5.07. The zero-order valence-corrected chi connectivity index (χ0v) is 12.4. The molecule has 0 aromatic heterocycles. The molecule has 1 saturated heterocycles. The van der Waals surface area contributed by atoms with E-state index in [0.29, 0.717) is 13.2 Å². The molecule has 1 aromatic rings. The highest BCUT2D eigenvalue weighted by atomic mass is 16.5. The molecule has 0 saturated carbocycles. The van der Waals surface area contributed by atoms with Gasteiger partial charge in [0.1, 0.15) is 0 Å². The number of hydrogen-bond donors (Lipinski definition) is 2. The first-order valence-electron chi connectivity index (χ1n) is 7.57. The van der Waals surface area contributed by atoms with Crippen LogP contribution in [0.1, 0.15) is 24.8 Å². The molecule has 2 rings (SSSR count). The Morgan fingerprint density at radius 2 is 2.05 bits per heavy atom. The second-order valence-electron chi connectivity index (χ2n) is 5.35. The van der Waals surface area contributed by atoms with Crippen LogP contribution in [0.2, 0.25) is 0 Å². The highest BCUT2D eigenvalue weighted by molar-refractivity contribution is 5.88. The lowest BCUT2D eigenvalue weighted by Crippen LogP contribution is -2.50. The first-order chi connectivity index (χ1) is 10.3. The Labute approximate surface area is 126 Å². The number of carbonyl (C=O) groups excluding carboxylic acids is 1. The molecule has 1 fully saturated rings. The first kappa shape index (κ1) is 15.6. The Hall–Kier alpha value is -1.81. The number of hydrogen-bond acceptors (Lipinski definition) is 3. The Balaban J connectivity index is 2.02. The maximum absolute atomic E-state index is 12.8. The third-order valence-corrected chi connectivity index (χ3v) is 4.06. The normalized spacial score (nSPS) is 17.0. The lowest BCUT2D eigenvalue weighted by molar-refractivity contribution is -0.127. The Morgan fingerprint density at radius 3 is 2.71 bits per heavy atom. The molecule has 0 bridgehead atoms. The summed E-state index contributed by atoms with van der Waals surface area (Å²) in [5, 5.41) is 6.41. The summed E-state index contributed by atoms with van der Waals surface area (Å²) >= 11 is 0. The summed E-state index contributed by atoms with van der Waals surface area (Å²) in [6, 6.07) is 10.1. The van der Waals surface area contributed by atoms with Gasteiger partial charge in [-0.1, -0.05) is 36.9 Å². The predicted molar refractivity (Wildman–Crippen MR) is 84.0 cm³/mol. The van der Waals surface area contributed by atoms with Crippen LogP contribution in [0.25, 0.3) is 0 Å². The molecule has 1 aliphatic heterocycles. The summed E-state index contributed by atoms with van der Waals surface area (Å²) in [5.74, 6) is 0.133. The summed E-state index contributed by atoms with van der Waals surface area (Å²) in [7, 11) is 0. The first-order valence-corrected chi connectivity index (χ1v) is 7.57. The van der Waals surface area contributed by atoms with Gasteiger partial charge < -0.3 is 15.4 Å². The lowest BCUT2D eigenvalue weighted by Gasteiger charge is -2.36. The Bertz CT molecular complexity index is 453. The van der Waals surface area contributed by atoms with Gasteiger partial charge in [-0.2, -0.15) is 0 Å². The molecule has 2 N–H and O–H groups in total. The van der Waals surface area contributed by atoms with Gasteiger partial charge in [0.05, 0.1) is 18.3 Å². The van der Waals surface area contributed by atoms with Crippen molar-refractivity contribution in [3.8, 4) is 0 Å². The van der Waals surface area contributed by atoms with Crippen LogP contribution in [0.3, 0.4) is 0 Å². The molecule has 1 aromatic carbocycles. The van der Waals surface area contributed by atoms with E-state index in [-0.39, 0.29) is 5.91 Å². The average Bonchev–Trinajstić information content (AvgIpc) is 2.56. The molecule has 0 spiro atoms. The zero-order valence-electron chi connectivity index (χ0n) is 12.4. The van der Waals surface area contributed by atoms with Crippen molar-refractivity contribution in [1.29, 1.82) is 0 Å². The van der Waals surface area contributed by atoms with Crippen molar-refractivity contribution < 1.29 is 9.53 Å². The van der Waals surface area contributed by atoms with Crippen molar-refractivity contribution in [2.75, 3.05) is 26.2 Å². The summed E-state index contributed by atoms with van der Waals surface area (Å²) in [5.41, 5.74) is 0.720. The van der Waals surface area contributed by atoms with E-state index >= 15 is 0 Å². The molecule has 114 valence electrons. The number of benzene rings is 1. The highest BCUT2D eigenvalue weighted by Gasteiger charge is 2.40. The van der Waals surface area contributed by atoms with Gasteiger partial charge in [0, 0.05) is 6.54 Å². The number of rotatable bonds is 7. The van der Waals surface area contributed by atoms with Gasteiger partial charge in [-0.25, -0.2) is 0 Å². The second-order valence-corrected chi connectivity index (χ2v) is 5.35. The smallest absolute Gasteiger partial charge is 0.230 e. The van der Waals surface area contributed by atoms with Crippen LogP contribution < -0.4 is 10.6 Å². The topological polar surface area (TPSA) is 50.4 Å². The van der Waals surface area contributed by atoms with Crippen LogP contribution in [-0.4, -0.2) is 32.1 Å². The van der Waals surface area contributed by atoms with E-state index < -0.39 is 5.41 Å². The minimum absolute atomic E-state index is 0.133. The standard InChI is InChI=1S/C17H24N2O2/c1-2-21-14-6-11-19-16(20)17(9-12-18-13-10-17)15-7-4-3-5-8-15/h2-5,7-8,18H,1,6,9-14H2,(H,19,20). The fourth-order valence-electron chi connectivity index (χ4n) is 2.87. The van der Waals surface area contributed by atoms with E-state index in [1.54, 1.807) is 0 Å². The molecule has 0 radical (unpaired) electrons. The van der Waals surface area contributed by atoms with E-state index in [9.17, 15) is 4.79 Å². The summed E-state index contributed by atoms with van der Waals surface area (Å²) in [6.07, 6.45) is 3.90. The summed E-state index contributed by atoms with van der Waals surface area (Å²) in [4.78, 5) is 12.8. The zero-order chi connectivity index (χ0) is 15.0. The van der Waals surface area contributed by atoms with Crippen LogP contribution >= 0.6 is 0 Å². The number of amides is 1. The number of ether oxygens (including phenoxy) is 1. The van der Waals surface area contributed by atoms with Crippen LogP contribution in [0.4, 0.5) is 0 Å². The van der Waals surface area contributed by atoms with Gasteiger partial charge in [0.15, 0.2) is 0 Å². The van der Waals surface area contributed by atoms with Crippen molar-refractivity contribution >= 4 is 5.91 Å². The Kier molecular flexibility index (Phi) is 5.81. The number of piperidine rings is 1. The molecule has 0 aliphatic carbocycles. The molecule has 4 heteroatoms. The second kappa shape index (κ2) is 7.84. The molecule has 21 heavy (non-hydrogen) atoms. The predicted octanol–water partition coefficient (Wildman–Crippen LogP) is 1.97. The quantitative estimate of drug-likeness (QED) is 0.596. The molecule has 0 atom stereocenters. The lowest BCUT2D eigenvalue weighted by atomic mass is 9.72. The maximum Gasteiger partial charge on any atom is 0.230 e. The largest absolute Gasteiger partial charge is 0.502 e. The van der Waals surface area contributed by atoms with Crippen molar-refractivity contribution in [2.24, 2.45) is 0 Å². The van der Waals surface area contributed by atoms with Crippen LogP contribution in [0, 0.1) is 0 Å². The van der Waals surface area contributed by atoms with Gasteiger partial charge in [0.2, 0.25) is 5.91 Å². The molecular formula is C17H24N2O2. The average molecular weight is 288 g/mol. The molecule has 1 heterocycles. The summed E-state index contributed by atoms with van der Waals surface area (Å²) in [6.45, 7) is 6.48. The van der Waals surface area contributed by atoms with Crippen LogP contribution in [-0.2, 0) is 14.9 Å². The van der Waals surface area contributed by atoms with Crippen LogP contribution in [0.15, 0.2) is 43.2 Å². The number of nitrogens with one attached hydrogen (secondary N) is 2. The maximum atomic E-state index is 12.8. The number of carbonyl (C=O) groups is 1. The van der Waals surface area contributed by atoms with Crippen LogP contribution in [0.5, 0.6) is 0 Å². The van der Waals surface area contributed by atoms with Gasteiger partial charge in [-0.05, 0) is 37.9 Å². The van der Waals surface area contributed by atoms with Crippen molar-refractivity contribution in [1.82, 2.24) is 10.6 Å². The van der Waals surface area contributed by atoms with E-state index in [4.69, 9.17) is 4.74 Å². The SMILES string of the molecule is C=COCCCNC(=O)C1(c2ccccc2)CCNCC1. The van der Waals surface area contributed by atoms with Crippen molar-refractivity contribution in [2.45, 2.75) is 24.7 Å². The third kappa shape index (κ3) is 3.85. The fourth-order valence-corrected chi connectivity index (χ4v) is 2.87. The minimum Gasteiger partial charge on any atom is -0.502 e. The van der Waals surface area contributed by atoms with E-state index in [0.717, 1.165) is 37.9 Å². The molecule has 0 unspecified atom stereocenters. The molecule has 1 aliphatic rings. The minimum atomic E-state index is -0.397. The third-order valence-electron chi connectivity index (χ3n) is 4.06. The van der Waals surface area contributed by atoms with Gasteiger partial charge >= 0.3 is 0 Å². The molecular weight excluding hydrogens is 264 g/mol. The highest BCUT2D eigenvalue weighted by Crippen LogP contribution is 2.33. The van der Waals surface area contributed by atoms with E-state index in [1.165, 1.54) is 6.26 Å². The molecule has 1 amide bonds. The Morgan fingerprint density at radius 1 is 1.33 bits per heavy atom. The fraction of sp³-hybridized carbons (Fsp3) is 0.471. The van der Waals surface area contributed by atoms with Crippen molar-refractivity contribution in [3.05, 3.63) is 48.7 Å². The monoisotopic (exact) mass is 288 g/mol. The van der Waals surface area contributed by atoms with Gasteiger partial charge in [-0.15, -0.1) is 0 Å². The van der Waals surface area contributed by atoms with Crippen molar-refractivity contribution in [3.63, 3.8) is 0 Å². The van der Waals surface area contributed by atoms with E-state index in [1.807, 2.05) is 18.2 Å². The van der Waals surface area contributed by atoms with E-state index in [2.05, 4.69) is 29.3 Å². The van der Waals surface area contributed by atoms with Gasteiger partial charge in [0.25, 0.3) is 0 Å². The molecule has 4 nitrogen and oxygen atoms in total. The van der Waals surface area contributed by atoms with Gasteiger partial charge in [-0.3, -0.25) is 4.79 Å².